The molecule has 0 amide bonds. The highest BCUT2D eigenvalue weighted by atomic mass is 32.2. The van der Waals surface area contributed by atoms with E-state index in [1.807, 2.05) is 19.1 Å². The van der Waals surface area contributed by atoms with E-state index in [0.29, 0.717) is 10.8 Å². The van der Waals surface area contributed by atoms with Crippen LogP contribution in [0.1, 0.15) is 39.2 Å². The first kappa shape index (κ1) is 14.5. The second-order valence-corrected chi connectivity index (χ2v) is 8.17. The lowest BCUT2D eigenvalue weighted by Crippen LogP contribution is -2.33. The number of hydrogen-bond donors (Lipinski definition) is 1. The minimum absolute atomic E-state index is 0.0521. The third-order valence-corrected chi connectivity index (χ3v) is 5.93. The fourth-order valence-electron chi connectivity index (χ4n) is 2.76. The summed E-state index contributed by atoms with van der Waals surface area (Å²) in [6.45, 7) is 8.56. The van der Waals surface area contributed by atoms with Crippen molar-refractivity contribution in [2.75, 3.05) is 0 Å². The predicted molar refractivity (Wildman–Crippen MR) is 77.5 cm³/mol. The predicted octanol–water partition coefficient (Wildman–Crippen LogP) is 3.10. The van der Waals surface area contributed by atoms with Crippen LogP contribution in [0.25, 0.3) is 0 Å². The standard InChI is InChI=1S/C15H23NO2S/c1-11-5-7-14(8-6-11)19(17,18)16-13-9-12(2)15(3,4)10-13/h5-8,12-13,16H,9-10H2,1-4H3/t12-,13+/m0/s1. The molecular formula is C15H23NO2S. The Hall–Kier alpha value is -0.870. The second kappa shape index (κ2) is 4.91. The van der Waals surface area contributed by atoms with Crippen LogP contribution in [0.2, 0.25) is 0 Å². The van der Waals surface area contributed by atoms with Gasteiger partial charge in [-0.15, -0.1) is 0 Å². The summed E-state index contributed by atoms with van der Waals surface area (Å²) in [6, 6.07) is 7.05. The molecule has 0 aliphatic heterocycles. The van der Waals surface area contributed by atoms with Crippen molar-refractivity contribution in [2.24, 2.45) is 11.3 Å². The van der Waals surface area contributed by atoms with Crippen LogP contribution < -0.4 is 4.72 Å². The summed E-state index contributed by atoms with van der Waals surface area (Å²) in [5, 5.41) is 0. The van der Waals surface area contributed by atoms with Crippen LogP contribution in [-0.2, 0) is 10.0 Å². The molecule has 0 unspecified atom stereocenters. The van der Waals surface area contributed by atoms with Crippen LogP contribution in [-0.4, -0.2) is 14.5 Å². The molecule has 1 aromatic rings. The van der Waals surface area contributed by atoms with Gasteiger partial charge in [0.05, 0.1) is 4.90 Å². The van der Waals surface area contributed by atoms with Crippen molar-refractivity contribution < 1.29 is 8.42 Å². The van der Waals surface area contributed by atoms with E-state index in [1.165, 1.54) is 0 Å². The van der Waals surface area contributed by atoms with Crippen LogP contribution in [0.3, 0.4) is 0 Å². The van der Waals surface area contributed by atoms with Crippen molar-refractivity contribution in [3.05, 3.63) is 29.8 Å². The molecule has 1 saturated carbocycles. The zero-order chi connectivity index (χ0) is 14.3. The van der Waals surface area contributed by atoms with Gasteiger partial charge in [-0.3, -0.25) is 0 Å². The van der Waals surface area contributed by atoms with E-state index in [0.717, 1.165) is 18.4 Å². The topological polar surface area (TPSA) is 46.2 Å². The fourth-order valence-corrected chi connectivity index (χ4v) is 4.01. The summed E-state index contributed by atoms with van der Waals surface area (Å²) < 4.78 is 27.5. The van der Waals surface area contributed by atoms with Crippen LogP contribution >= 0.6 is 0 Å². The number of nitrogens with one attached hydrogen (secondary N) is 1. The quantitative estimate of drug-likeness (QED) is 0.925. The number of rotatable bonds is 3. The van der Waals surface area contributed by atoms with Crippen LogP contribution in [0.15, 0.2) is 29.2 Å². The second-order valence-electron chi connectivity index (χ2n) is 6.46. The van der Waals surface area contributed by atoms with E-state index < -0.39 is 10.0 Å². The Bertz CT molecular complexity index is 546. The van der Waals surface area contributed by atoms with Crippen LogP contribution in [0.4, 0.5) is 0 Å². The molecule has 1 aromatic carbocycles. The summed E-state index contributed by atoms with van der Waals surface area (Å²) in [4.78, 5) is 0.357. The van der Waals surface area contributed by atoms with Gasteiger partial charge in [0.15, 0.2) is 0 Å². The summed E-state index contributed by atoms with van der Waals surface area (Å²) in [6.07, 6.45) is 1.82. The monoisotopic (exact) mass is 281 g/mol. The van der Waals surface area contributed by atoms with Gasteiger partial charge in [-0.25, -0.2) is 13.1 Å². The van der Waals surface area contributed by atoms with Crippen molar-refractivity contribution in [1.82, 2.24) is 4.72 Å². The molecule has 4 heteroatoms. The molecule has 0 heterocycles. The Balaban J connectivity index is 2.13. The maximum atomic E-state index is 12.3. The van der Waals surface area contributed by atoms with E-state index in [9.17, 15) is 8.42 Å². The average Bonchev–Trinajstić information content (AvgIpc) is 2.51. The fraction of sp³-hybridized carbons (Fsp3) is 0.600. The Morgan fingerprint density at radius 1 is 1.21 bits per heavy atom. The number of sulfonamides is 1. The molecule has 1 aliphatic carbocycles. The molecule has 1 N–H and O–H groups in total. The Morgan fingerprint density at radius 3 is 2.26 bits per heavy atom. The van der Waals surface area contributed by atoms with Crippen molar-refractivity contribution in [3.63, 3.8) is 0 Å². The van der Waals surface area contributed by atoms with Gasteiger partial charge in [0.2, 0.25) is 10.0 Å². The first-order chi connectivity index (χ1) is 8.71. The first-order valence-electron chi connectivity index (χ1n) is 6.80. The van der Waals surface area contributed by atoms with E-state index in [2.05, 4.69) is 25.5 Å². The van der Waals surface area contributed by atoms with E-state index in [-0.39, 0.29) is 11.5 Å². The normalized spacial score (nSPS) is 26.5. The van der Waals surface area contributed by atoms with Gasteiger partial charge in [0.25, 0.3) is 0 Å². The molecule has 3 nitrogen and oxygen atoms in total. The summed E-state index contributed by atoms with van der Waals surface area (Å²) in [7, 11) is -3.38. The summed E-state index contributed by atoms with van der Waals surface area (Å²) in [5.41, 5.74) is 1.27. The summed E-state index contributed by atoms with van der Waals surface area (Å²) >= 11 is 0. The molecule has 19 heavy (non-hydrogen) atoms. The Morgan fingerprint density at radius 2 is 1.79 bits per heavy atom. The van der Waals surface area contributed by atoms with Gasteiger partial charge in [0, 0.05) is 6.04 Å². The lowest BCUT2D eigenvalue weighted by molar-refractivity contribution is 0.279. The van der Waals surface area contributed by atoms with Gasteiger partial charge < -0.3 is 0 Å². The van der Waals surface area contributed by atoms with E-state index >= 15 is 0 Å². The zero-order valence-electron chi connectivity index (χ0n) is 12.1. The molecule has 0 radical (unpaired) electrons. The maximum absolute atomic E-state index is 12.3. The molecular weight excluding hydrogens is 258 g/mol. The van der Waals surface area contributed by atoms with Gasteiger partial charge in [-0.1, -0.05) is 38.5 Å². The van der Waals surface area contributed by atoms with Crippen molar-refractivity contribution >= 4 is 10.0 Å². The highest BCUT2D eigenvalue weighted by molar-refractivity contribution is 7.89. The molecule has 106 valence electrons. The van der Waals surface area contributed by atoms with Gasteiger partial charge in [-0.05, 0) is 43.2 Å². The molecule has 2 rings (SSSR count). The molecule has 0 spiro atoms. The Labute approximate surface area is 116 Å². The van der Waals surface area contributed by atoms with Crippen LogP contribution in [0.5, 0.6) is 0 Å². The van der Waals surface area contributed by atoms with E-state index in [1.54, 1.807) is 12.1 Å². The molecule has 0 saturated heterocycles. The number of aryl methyl sites for hydroxylation is 1. The maximum Gasteiger partial charge on any atom is 0.240 e. The number of benzene rings is 1. The average molecular weight is 281 g/mol. The third kappa shape index (κ3) is 3.18. The highest BCUT2D eigenvalue weighted by Crippen LogP contribution is 2.42. The van der Waals surface area contributed by atoms with Crippen molar-refractivity contribution in [2.45, 2.75) is 51.5 Å². The molecule has 2 atom stereocenters. The molecule has 1 aliphatic rings. The minimum atomic E-state index is -3.38. The SMILES string of the molecule is Cc1ccc(S(=O)(=O)N[C@@H]2C[C@H](C)C(C)(C)C2)cc1. The number of hydrogen-bond acceptors (Lipinski definition) is 2. The highest BCUT2D eigenvalue weighted by Gasteiger charge is 2.39. The molecule has 0 bridgehead atoms. The Kier molecular flexibility index (Phi) is 3.76. The van der Waals surface area contributed by atoms with Gasteiger partial charge in [-0.2, -0.15) is 0 Å². The summed E-state index contributed by atoms with van der Waals surface area (Å²) in [5.74, 6) is 0.540. The zero-order valence-corrected chi connectivity index (χ0v) is 12.9. The van der Waals surface area contributed by atoms with Gasteiger partial charge >= 0.3 is 0 Å². The van der Waals surface area contributed by atoms with Crippen molar-refractivity contribution in [3.8, 4) is 0 Å². The minimum Gasteiger partial charge on any atom is -0.208 e. The lowest BCUT2D eigenvalue weighted by atomic mass is 9.83. The largest absolute Gasteiger partial charge is 0.240 e. The smallest absolute Gasteiger partial charge is 0.208 e. The first-order valence-corrected chi connectivity index (χ1v) is 8.28. The van der Waals surface area contributed by atoms with E-state index in [4.69, 9.17) is 0 Å². The molecule has 0 aromatic heterocycles. The van der Waals surface area contributed by atoms with Crippen molar-refractivity contribution in [1.29, 1.82) is 0 Å². The van der Waals surface area contributed by atoms with Gasteiger partial charge in [0.1, 0.15) is 0 Å². The third-order valence-electron chi connectivity index (χ3n) is 4.40. The lowest BCUT2D eigenvalue weighted by Gasteiger charge is -2.22. The van der Waals surface area contributed by atoms with Crippen LogP contribution in [0, 0.1) is 18.3 Å². The molecule has 1 fully saturated rings.